The number of hydrogen-bond acceptors (Lipinski definition) is 4. The highest BCUT2D eigenvalue weighted by Crippen LogP contribution is 2.24. The fourth-order valence-electron chi connectivity index (χ4n) is 3.17. The van der Waals surface area contributed by atoms with Crippen molar-refractivity contribution in [3.63, 3.8) is 0 Å². The number of carbonyl (C=O) groups excluding carboxylic acids is 2. The molecule has 25 heavy (non-hydrogen) atoms. The SMILES string of the molecule is Cc1cccc(NC(=O)C(C#N)C(=O)c2n[nH]c3c2CCCCC3)c1. The summed E-state index contributed by atoms with van der Waals surface area (Å²) in [5.41, 5.74) is 3.61. The normalized spacial score (nSPS) is 14.7. The van der Waals surface area contributed by atoms with E-state index in [4.69, 9.17) is 0 Å². The Labute approximate surface area is 146 Å². The van der Waals surface area contributed by atoms with E-state index in [0.29, 0.717) is 5.69 Å². The van der Waals surface area contributed by atoms with E-state index in [1.165, 1.54) is 0 Å². The lowest BCUT2D eigenvalue weighted by atomic mass is 9.97. The average Bonchev–Trinajstić information content (AvgIpc) is 2.84. The minimum atomic E-state index is -1.41. The number of aryl methyl sites for hydroxylation is 2. The molecule has 1 aliphatic carbocycles. The average molecular weight is 336 g/mol. The van der Waals surface area contributed by atoms with Gasteiger partial charge in [-0.25, -0.2) is 0 Å². The number of ketones is 1. The number of H-pyrrole nitrogens is 1. The summed E-state index contributed by atoms with van der Waals surface area (Å²) in [4.78, 5) is 25.2. The molecule has 2 N–H and O–H groups in total. The highest BCUT2D eigenvalue weighted by molar-refractivity contribution is 6.15. The van der Waals surface area contributed by atoms with Crippen molar-refractivity contribution >= 4 is 17.4 Å². The van der Waals surface area contributed by atoms with E-state index in [1.54, 1.807) is 12.1 Å². The molecule has 1 heterocycles. The topological polar surface area (TPSA) is 98.6 Å². The molecule has 1 atom stereocenters. The fourth-order valence-corrected chi connectivity index (χ4v) is 3.17. The minimum Gasteiger partial charge on any atom is -0.325 e. The van der Waals surface area contributed by atoms with Crippen LogP contribution in [0.2, 0.25) is 0 Å². The van der Waals surface area contributed by atoms with Crippen LogP contribution in [0.1, 0.15) is 46.6 Å². The van der Waals surface area contributed by atoms with Crippen LogP contribution in [0.5, 0.6) is 0 Å². The van der Waals surface area contributed by atoms with E-state index >= 15 is 0 Å². The maximum atomic E-state index is 12.8. The lowest BCUT2D eigenvalue weighted by molar-refractivity contribution is -0.117. The van der Waals surface area contributed by atoms with Gasteiger partial charge in [0.25, 0.3) is 0 Å². The van der Waals surface area contributed by atoms with Gasteiger partial charge in [-0.3, -0.25) is 14.7 Å². The molecular formula is C19H20N4O2. The van der Waals surface area contributed by atoms with Crippen LogP contribution in [0.3, 0.4) is 0 Å². The van der Waals surface area contributed by atoms with Crippen molar-refractivity contribution in [2.75, 3.05) is 5.32 Å². The molecule has 1 unspecified atom stereocenters. The summed E-state index contributed by atoms with van der Waals surface area (Å²) in [6, 6.07) is 9.06. The second-order valence-electron chi connectivity index (χ2n) is 6.38. The molecule has 1 amide bonds. The third kappa shape index (κ3) is 3.61. The van der Waals surface area contributed by atoms with E-state index in [1.807, 2.05) is 25.1 Å². The second-order valence-corrected chi connectivity index (χ2v) is 6.38. The van der Waals surface area contributed by atoms with Gasteiger partial charge in [-0.05, 0) is 50.3 Å². The summed E-state index contributed by atoms with van der Waals surface area (Å²) in [5, 5.41) is 19.1. The number of rotatable bonds is 4. The number of nitrogens with one attached hydrogen (secondary N) is 2. The number of carbonyl (C=O) groups is 2. The fraction of sp³-hybridized carbons (Fsp3) is 0.368. The number of fused-ring (bicyclic) bond motifs is 1. The summed E-state index contributed by atoms with van der Waals surface area (Å²) in [5.74, 6) is -2.56. The van der Waals surface area contributed by atoms with E-state index in [9.17, 15) is 14.9 Å². The molecule has 6 nitrogen and oxygen atoms in total. The van der Waals surface area contributed by atoms with Crippen LogP contribution in [-0.4, -0.2) is 21.9 Å². The predicted molar refractivity (Wildman–Crippen MR) is 93.1 cm³/mol. The molecule has 3 rings (SSSR count). The van der Waals surface area contributed by atoms with Gasteiger partial charge in [0.15, 0.2) is 5.92 Å². The lowest BCUT2D eigenvalue weighted by Crippen LogP contribution is -2.29. The zero-order chi connectivity index (χ0) is 17.8. The molecule has 1 aliphatic rings. The predicted octanol–water partition coefficient (Wildman–Crippen LogP) is 2.95. The molecular weight excluding hydrogens is 316 g/mol. The molecule has 1 aromatic heterocycles. The van der Waals surface area contributed by atoms with Crippen molar-refractivity contribution in [2.45, 2.75) is 39.0 Å². The smallest absolute Gasteiger partial charge is 0.249 e. The zero-order valence-corrected chi connectivity index (χ0v) is 14.1. The molecule has 0 spiro atoms. The molecule has 0 saturated carbocycles. The summed E-state index contributed by atoms with van der Waals surface area (Å²) >= 11 is 0. The third-order valence-electron chi connectivity index (χ3n) is 4.48. The van der Waals surface area contributed by atoms with Crippen LogP contribution >= 0.6 is 0 Å². The molecule has 0 fully saturated rings. The summed E-state index contributed by atoms with van der Waals surface area (Å²) in [6.45, 7) is 1.90. The minimum absolute atomic E-state index is 0.239. The number of Topliss-reactive ketones (excluding diaryl/α,β-unsaturated/α-hetero) is 1. The molecule has 0 bridgehead atoms. The Morgan fingerprint density at radius 3 is 2.84 bits per heavy atom. The second kappa shape index (κ2) is 7.31. The van der Waals surface area contributed by atoms with Crippen LogP contribution in [-0.2, 0) is 17.6 Å². The lowest BCUT2D eigenvalue weighted by Gasteiger charge is -2.10. The van der Waals surface area contributed by atoms with E-state index in [2.05, 4.69) is 15.5 Å². The zero-order valence-electron chi connectivity index (χ0n) is 14.1. The summed E-state index contributed by atoms with van der Waals surface area (Å²) in [7, 11) is 0. The monoisotopic (exact) mass is 336 g/mol. The number of nitrogens with zero attached hydrogens (tertiary/aromatic N) is 2. The van der Waals surface area contributed by atoms with Gasteiger partial charge in [-0.15, -0.1) is 0 Å². The number of anilines is 1. The van der Waals surface area contributed by atoms with Crippen molar-refractivity contribution in [3.05, 3.63) is 46.8 Å². The van der Waals surface area contributed by atoms with Gasteiger partial charge >= 0.3 is 0 Å². The van der Waals surface area contributed by atoms with Gasteiger partial charge in [0.2, 0.25) is 11.7 Å². The maximum Gasteiger partial charge on any atom is 0.249 e. The highest BCUT2D eigenvalue weighted by atomic mass is 16.2. The van der Waals surface area contributed by atoms with Crippen LogP contribution in [0, 0.1) is 24.2 Å². The molecule has 0 radical (unpaired) electrons. The quantitative estimate of drug-likeness (QED) is 0.509. The van der Waals surface area contributed by atoms with Gasteiger partial charge in [0.1, 0.15) is 5.69 Å². The Kier molecular flexibility index (Phi) is 4.94. The van der Waals surface area contributed by atoms with E-state index in [0.717, 1.165) is 48.9 Å². The number of nitriles is 1. The largest absolute Gasteiger partial charge is 0.325 e. The number of hydrogen-bond donors (Lipinski definition) is 2. The Morgan fingerprint density at radius 2 is 2.08 bits per heavy atom. The van der Waals surface area contributed by atoms with Crippen molar-refractivity contribution < 1.29 is 9.59 Å². The van der Waals surface area contributed by atoms with E-state index < -0.39 is 17.6 Å². The Hall–Kier alpha value is -2.94. The molecule has 128 valence electrons. The summed E-state index contributed by atoms with van der Waals surface area (Å²) < 4.78 is 0. The standard InChI is InChI=1S/C19H20N4O2/c1-12-6-5-7-13(10-12)21-19(25)15(11-20)18(24)17-14-8-3-2-4-9-16(14)22-23-17/h5-7,10,15H,2-4,8-9H2,1H3,(H,21,25)(H,22,23). The Balaban J connectivity index is 1.81. The van der Waals surface area contributed by atoms with Crippen molar-refractivity contribution in [1.29, 1.82) is 5.26 Å². The van der Waals surface area contributed by atoms with Gasteiger partial charge in [0, 0.05) is 16.9 Å². The van der Waals surface area contributed by atoms with Crippen molar-refractivity contribution in [3.8, 4) is 6.07 Å². The number of aromatic nitrogens is 2. The van der Waals surface area contributed by atoms with Gasteiger partial charge in [-0.2, -0.15) is 10.4 Å². The molecule has 0 aliphatic heterocycles. The molecule has 1 aromatic carbocycles. The van der Waals surface area contributed by atoms with Crippen LogP contribution in [0.25, 0.3) is 0 Å². The molecule has 6 heteroatoms. The Bertz CT molecular complexity index is 847. The van der Waals surface area contributed by atoms with Crippen molar-refractivity contribution in [1.82, 2.24) is 10.2 Å². The first-order valence-electron chi connectivity index (χ1n) is 8.47. The number of aromatic amines is 1. The summed E-state index contributed by atoms with van der Waals surface area (Å²) in [6.07, 6.45) is 4.75. The van der Waals surface area contributed by atoms with E-state index in [-0.39, 0.29) is 5.69 Å². The first-order chi connectivity index (χ1) is 12.1. The number of amides is 1. The highest BCUT2D eigenvalue weighted by Gasteiger charge is 2.32. The maximum absolute atomic E-state index is 12.8. The van der Waals surface area contributed by atoms with Crippen LogP contribution in [0.15, 0.2) is 24.3 Å². The molecule has 2 aromatic rings. The third-order valence-corrected chi connectivity index (χ3v) is 4.48. The van der Waals surface area contributed by atoms with Crippen LogP contribution < -0.4 is 5.32 Å². The number of benzene rings is 1. The first-order valence-corrected chi connectivity index (χ1v) is 8.47. The van der Waals surface area contributed by atoms with Crippen molar-refractivity contribution in [2.24, 2.45) is 5.92 Å². The first kappa shape index (κ1) is 16.9. The van der Waals surface area contributed by atoms with Gasteiger partial charge < -0.3 is 5.32 Å². The molecule has 0 saturated heterocycles. The van der Waals surface area contributed by atoms with Gasteiger partial charge in [0.05, 0.1) is 6.07 Å². The van der Waals surface area contributed by atoms with Gasteiger partial charge in [-0.1, -0.05) is 18.6 Å². The van der Waals surface area contributed by atoms with Crippen LogP contribution in [0.4, 0.5) is 5.69 Å². The Morgan fingerprint density at radius 1 is 1.28 bits per heavy atom.